The summed E-state index contributed by atoms with van der Waals surface area (Å²) in [5, 5.41) is 6.53. The zero-order chi connectivity index (χ0) is 21.5. The van der Waals surface area contributed by atoms with Gasteiger partial charge in [-0.15, -0.1) is 6.54 Å². The number of hydrogen-bond donors (Lipinski definition) is 1. The van der Waals surface area contributed by atoms with Crippen LogP contribution in [0.5, 0.6) is 0 Å². The van der Waals surface area contributed by atoms with Crippen LogP contribution in [-0.2, 0) is 36.8 Å². The Balaban J connectivity index is 0.00000841. The van der Waals surface area contributed by atoms with Crippen LogP contribution in [0.1, 0.15) is 44.2 Å². The number of hydrogen-bond acceptors (Lipinski definition) is 6. The summed E-state index contributed by atoms with van der Waals surface area (Å²) in [5.41, 5.74) is 1.66. The molecular formula is C21H29N2O6Rb. The van der Waals surface area contributed by atoms with Crippen molar-refractivity contribution in [2.24, 2.45) is 0 Å². The number of benzene rings is 1. The molecule has 0 saturated carbocycles. The Morgan fingerprint density at radius 3 is 2.33 bits per heavy atom. The van der Waals surface area contributed by atoms with E-state index in [1.54, 1.807) is 24.3 Å². The van der Waals surface area contributed by atoms with E-state index in [4.69, 9.17) is 9.47 Å². The molecule has 1 N–H and O–H groups in total. The Bertz CT molecular complexity index is 679. The molecule has 0 heterocycles. The molecule has 8 nitrogen and oxygen atoms in total. The second-order valence-corrected chi connectivity index (χ2v) is 6.59. The van der Waals surface area contributed by atoms with E-state index in [1.165, 1.54) is 6.92 Å². The summed E-state index contributed by atoms with van der Waals surface area (Å²) in [6, 6.07) is 7.19. The monoisotopic (exact) mass is 490 g/mol. The average molecular weight is 491 g/mol. The third kappa shape index (κ3) is 15.0. The van der Waals surface area contributed by atoms with Crippen molar-refractivity contribution in [2.75, 3.05) is 26.4 Å². The Morgan fingerprint density at radius 2 is 1.70 bits per heavy atom. The molecule has 1 aromatic rings. The average Bonchev–Trinajstić information content (AvgIpc) is 2.67. The number of ether oxygens (including phenoxy) is 2. The van der Waals surface area contributed by atoms with E-state index in [9.17, 15) is 19.2 Å². The van der Waals surface area contributed by atoms with E-state index in [2.05, 4.69) is 10.6 Å². The number of rotatable bonds is 14. The molecule has 0 aliphatic rings. The molecule has 160 valence electrons. The molecule has 0 aliphatic heterocycles. The normalized spacial score (nSPS) is 9.93. The number of carbonyl (C=O) groups is 4. The summed E-state index contributed by atoms with van der Waals surface area (Å²) in [4.78, 5) is 45.5. The molecule has 0 saturated heterocycles. The van der Waals surface area contributed by atoms with Crippen molar-refractivity contribution in [1.82, 2.24) is 5.32 Å². The van der Waals surface area contributed by atoms with Crippen molar-refractivity contribution in [3.63, 3.8) is 0 Å². The first-order valence-electron chi connectivity index (χ1n) is 9.68. The van der Waals surface area contributed by atoms with Gasteiger partial charge in [0.1, 0.15) is 11.6 Å². The first-order chi connectivity index (χ1) is 13.9. The minimum absolute atomic E-state index is 0. The predicted octanol–water partition coefficient (Wildman–Crippen LogP) is -0.275. The molecule has 9 heteroatoms. The Morgan fingerprint density at radius 1 is 1.03 bits per heavy atom. The first kappa shape index (κ1) is 29.1. The summed E-state index contributed by atoms with van der Waals surface area (Å²) >= 11 is 0. The topological polar surface area (TPSA) is 113 Å². The van der Waals surface area contributed by atoms with Crippen molar-refractivity contribution in [1.29, 1.82) is 0 Å². The molecule has 2 amide bonds. The van der Waals surface area contributed by atoms with E-state index < -0.39 is 6.09 Å². The van der Waals surface area contributed by atoms with Gasteiger partial charge in [0.05, 0.1) is 32.1 Å². The van der Waals surface area contributed by atoms with Crippen LogP contribution in [0.2, 0.25) is 0 Å². The SMILES string of the molecule is CCCNC(=O)OCCCOCC(=O)[N-]Cc1ccc(CC(=O)CC(C)=O)cc1.[Rb+]. The molecule has 0 aliphatic carbocycles. The van der Waals surface area contributed by atoms with Gasteiger partial charge >= 0.3 is 64.3 Å². The van der Waals surface area contributed by atoms with Gasteiger partial charge in [0.2, 0.25) is 0 Å². The zero-order valence-electron chi connectivity index (χ0n) is 18.1. The first-order valence-corrected chi connectivity index (χ1v) is 9.68. The maximum Gasteiger partial charge on any atom is 1.00 e. The van der Waals surface area contributed by atoms with E-state index in [-0.39, 0.29) is 108 Å². The number of nitrogens with zero attached hydrogens (tertiary/aromatic N) is 1. The second kappa shape index (κ2) is 17.7. The van der Waals surface area contributed by atoms with Crippen LogP contribution in [0, 0.1) is 0 Å². The molecule has 0 bridgehead atoms. The van der Waals surface area contributed by atoms with Crippen LogP contribution >= 0.6 is 0 Å². The minimum Gasteiger partial charge on any atom is -0.648 e. The number of Topliss-reactive ketones (excluding diaryl/α,β-unsaturated/α-hetero) is 2. The van der Waals surface area contributed by atoms with Crippen LogP contribution in [0.25, 0.3) is 5.32 Å². The Labute approximate surface area is 226 Å². The fraction of sp³-hybridized carbons (Fsp3) is 0.524. The maximum atomic E-state index is 11.7. The zero-order valence-corrected chi connectivity index (χ0v) is 23.0. The van der Waals surface area contributed by atoms with Gasteiger partial charge in [-0.1, -0.05) is 36.8 Å². The molecule has 0 atom stereocenters. The van der Waals surface area contributed by atoms with Crippen LogP contribution < -0.4 is 63.5 Å². The van der Waals surface area contributed by atoms with Gasteiger partial charge in [-0.05, 0) is 18.9 Å². The number of carbonyl (C=O) groups excluding carboxylic acids is 4. The molecule has 0 spiro atoms. The van der Waals surface area contributed by atoms with Crippen LogP contribution in [0.4, 0.5) is 4.79 Å². The van der Waals surface area contributed by atoms with Crippen molar-refractivity contribution in [3.05, 3.63) is 40.7 Å². The van der Waals surface area contributed by atoms with Crippen LogP contribution in [0.3, 0.4) is 0 Å². The van der Waals surface area contributed by atoms with E-state index >= 15 is 0 Å². The summed E-state index contributed by atoms with van der Waals surface area (Å²) in [5.74, 6) is -0.627. The Kier molecular flexibility index (Phi) is 17.2. The van der Waals surface area contributed by atoms with Gasteiger partial charge < -0.3 is 24.9 Å². The summed E-state index contributed by atoms with van der Waals surface area (Å²) in [6.45, 7) is 4.54. The number of alkyl carbamates (subject to hydrolysis) is 1. The standard InChI is InChI=1S/C21H30N2O6.Rb/c1-3-9-22-21(27)29-11-4-10-28-15-20(26)23-14-18-7-5-17(6-8-18)13-19(25)12-16(2)24;/h5-8H,3-4,9-15H2,1-2H3,(H2,22,23,26,27);/q;+1/p-1. The molecule has 1 rings (SSSR count). The number of nitrogens with one attached hydrogen (secondary N) is 1. The predicted molar refractivity (Wildman–Crippen MR) is 108 cm³/mol. The van der Waals surface area contributed by atoms with E-state index in [0.29, 0.717) is 19.6 Å². The molecule has 0 unspecified atom stereocenters. The maximum absolute atomic E-state index is 11.7. The second-order valence-electron chi connectivity index (χ2n) is 6.59. The van der Waals surface area contributed by atoms with Crippen molar-refractivity contribution < 1.29 is 86.8 Å². The fourth-order valence-corrected chi connectivity index (χ4v) is 2.32. The van der Waals surface area contributed by atoms with E-state index in [0.717, 1.165) is 17.5 Å². The summed E-state index contributed by atoms with van der Waals surface area (Å²) in [6.07, 6.45) is 1.05. The number of amides is 2. The van der Waals surface area contributed by atoms with Gasteiger partial charge in [-0.25, -0.2) is 4.79 Å². The minimum atomic E-state index is -0.452. The van der Waals surface area contributed by atoms with Crippen LogP contribution in [-0.4, -0.2) is 49.9 Å². The fourth-order valence-electron chi connectivity index (χ4n) is 2.32. The Hall–Kier alpha value is -0.935. The van der Waals surface area contributed by atoms with Gasteiger partial charge in [-0.2, -0.15) is 0 Å². The van der Waals surface area contributed by atoms with Gasteiger partial charge in [0.15, 0.2) is 0 Å². The quantitative estimate of drug-likeness (QED) is 0.283. The van der Waals surface area contributed by atoms with Crippen LogP contribution in [0.15, 0.2) is 24.3 Å². The van der Waals surface area contributed by atoms with E-state index in [1.807, 2.05) is 6.92 Å². The summed E-state index contributed by atoms with van der Waals surface area (Å²) in [7, 11) is 0. The smallest absolute Gasteiger partial charge is 0.648 e. The third-order valence-electron chi connectivity index (χ3n) is 3.72. The molecule has 30 heavy (non-hydrogen) atoms. The molecule has 1 aromatic carbocycles. The third-order valence-corrected chi connectivity index (χ3v) is 3.72. The van der Waals surface area contributed by atoms with Crippen molar-refractivity contribution in [2.45, 2.75) is 46.1 Å². The largest absolute Gasteiger partial charge is 1.00 e. The molecular weight excluding hydrogens is 462 g/mol. The molecule has 0 aromatic heterocycles. The van der Waals surface area contributed by atoms with Crippen molar-refractivity contribution in [3.8, 4) is 0 Å². The molecule has 0 radical (unpaired) electrons. The molecule has 0 fully saturated rings. The van der Waals surface area contributed by atoms with Gasteiger partial charge in [0, 0.05) is 19.4 Å². The van der Waals surface area contributed by atoms with Gasteiger partial charge in [0.25, 0.3) is 0 Å². The number of ketones is 2. The summed E-state index contributed by atoms with van der Waals surface area (Å²) < 4.78 is 10.2. The van der Waals surface area contributed by atoms with Crippen molar-refractivity contribution >= 4 is 23.6 Å². The van der Waals surface area contributed by atoms with Gasteiger partial charge in [-0.3, -0.25) is 9.59 Å².